The second kappa shape index (κ2) is 4.19. The van der Waals surface area contributed by atoms with Gasteiger partial charge in [0.05, 0.1) is 3.39 Å². The summed E-state index contributed by atoms with van der Waals surface area (Å²) < 4.78 is 13.6. The van der Waals surface area contributed by atoms with E-state index in [2.05, 4.69) is 31.9 Å². The molecule has 1 aromatic carbocycles. The molecule has 0 aliphatic rings. The number of hydrogen-bond donors (Lipinski definition) is 0. The monoisotopic (exact) mass is 292 g/mol. The van der Waals surface area contributed by atoms with Crippen LogP contribution in [0.3, 0.4) is 0 Å². The maximum atomic E-state index is 12.8. The molecule has 1 rings (SSSR count). The lowest BCUT2D eigenvalue weighted by Crippen LogP contribution is -1.82. The Morgan fingerprint density at radius 1 is 1.42 bits per heavy atom. The third-order valence-corrected chi connectivity index (χ3v) is 1.92. The van der Waals surface area contributed by atoms with E-state index in [0.717, 1.165) is 8.96 Å². The molecule has 0 N–H and O–H groups in total. The number of hydrogen-bond acceptors (Lipinski definition) is 0. The van der Waals surface area contributed by atoms with E-state index in [9.17, 15) is 4.39 Å². The Labute approximate surface area is 87.7 Å². The molecule has 0 aliphatic heterocycles. The largest absolute Gasteiger partial charge is 0.207 e. The molecule has 1 aromatic rings. The number of halogens is 3. The van der Waals surface area contributed by atoms with E-state index in [1.807, 2.05) is 6.08 Å². The highest BCUT2D eigenvalue weighted by Crippen LogP contribution is 2.19. The maximum absolute atomic E-state index is 12.8. The summed E-state index contributed by atoms with van der Waals surface area (Å²) in [5.74, 6) is -0.169. The van der Waals surface area contributed by atoms with Crippen LogP contribution in [0, 0.1) is 12.7 Å². The Bertz CT molecular complexity index is 314. The molecule has 64 valence electrons. The van der Waals surface area contributed by atoms with Crippen molar-refractivity contribution >= 4 is 37.9 Å². The van der Waals surface area contributed by atoms with Crippen molar-refractivity contribution < 1.29 is 4.39 Å². The zero-order valence-electron chi connectivity index (χ0n) is 6.44. The van der Waals surface area contributed by atoms with E-state index in [4.69, 9.17) is 0 Å². The fourth-order valence-electron chi connectivity index (χ4n) is 0.884. The molecule has 0 aromatic heterocycles. The van der Waals surface area contributed by atoms with Gasteiger partial charge in [0.25, 0.3) is 0 Å². The van der Waals surface area contributed by atoms with Crippen LogP contribution in [0.15, 0.2) is 21.6 Å². The quantitative estimate of drug-likeness (QED) is 0.727. The van der Waals surface area contributed by atoms with E-state index < -0.39 is 0 Å². The predicted molar refractivity (Wildman–Crippen MR) is 57.0 cm³/mol. The average molecular weight is 294 g/mol. The first-order chi connectivity index (χ1) is 5.59. The standard InChI is InChI=1S/C9H7Br2F/c1-6-4-7(5-9(10)11)2-3-8(6)12/h2-5H,1H3. The van der Waals surface area contributed by atoms with Gasteiger partial charge in [-0.05, 0) is 68.1 Å². The Morgan fingerprint density at radius 2 is 2.08 bits per heavy atom. The van der Waals surface area contributed by atoms with Crippen molar-refractivity contribution in [3.05, 3.63) is 38.5 Å². The van der Waals surface area contributed by atoms with Crippen LogP contribution in [0.5, 0.6) is 0 Å². The molecule has 0 amide bonds. The molecule has 0 unspecified atom stereocenters. The van der Waals surface area contributed by atoms with Gasteiger partial charge in [0.2, 0.25) is 0 Å². The first-order valence-electron chi connectivity index (χ1n) is 3.38. The van der Waals surface area contributed by atoms with Crippen molar-refractivity contribution in [2.75, 3.05) is 0 Å². The van der Waals surface area contributed by atoms with Crippen molar-refractivity contribution in [2.24, 2.45) is 0 Å². The second-order valence-corrected chi connectivity index (χ2v) is 5.22. The summed E-state index contributed by atoms with van der Waals surface area (Å²) in [6, 6.07) is 4.98. The Hall–Kier alpha value is -0.150. The summed E-state index contributed by atoms with van der Waals surface area (Å²) in [6.07, 6.45) is 1.87. The van der Waals surface area contributed by atoms with Crippen molar-refractivity contribution in [3.8, 4) is 0 Å². The van der Waals surface area contributed by atoms with Crippen LogP contribution in [0.4, 0.5) is 4.39 Å². The van der Waals surface area contributed by atoms with Gasteiger partial charge in [0.1, 0.15) is 5.82 Å². The molecular formula is C9H7Br2F. The van der Waals surface area contributed by atoms with E-state index in [-0.39, 0.29) is 5.82 Å². The second-order valence-electron chi connectivity index (χ2n) is 2.44. The summed E-state index contributed by atoms with van der Waals surface area (Å²) in [4.78, 5) is 0. The molecule has 0 atom stereocenters. The first kappa shape index (κ1) is 9.93. The van der Waals surface area contributed by atoms with E-state index in [0.29, 0.717) is 5.56 Å². The molecule has 0 radical (unpaired) electrons. The molecule has 0 fully saturated rings. The summed E-state index contributed by atoms with van der Waals surface area (Å²) >= 11 is 6.48. The number of rotatable bonds is 1. The third kappa shape index (κ3) is 2.72. The van der Waals surface area contributed by atoms with Crippen LogP contribution in [0.25, 0.3) is 6.08 Å². The molecular weight excluding hydrogens is 287 g/mol. The topological polar surface area (TPSA) is 0 Å². The Morgan fingerprint density at radius 3 is 2.58 bits per heavy atom. The summed E-state index contributed by atoms with van der Waals surface area (Å²) in [6.45, 7) is 1.74. The molecule has 0 heterocycles. The minimum Gasteiger partial charge on any atom is -0.207 e. The lowest BCUT2D eigenvalue weighted by atomic mass is 10.1. The van der Waals surface area contributed by atoms with Crippen LogP contribution >= 0.6 is 31.9 Å². The van der Waals surface area contributed by atoms with E-state index in [1.54, 1.807) is 19.1 Å². The fraction of sp³-hybridized carbons (Fsp3) is 0.111. The van der Waals surface area contributed by atoms with Crippen molar-refractivity contribution in [3.63, 3.8) is 0 Å². The van der Waals surface area contributed by atoms with Gasteiger partial charge in [-0.1, -0.05) is 6.07 Å². The lowest BCUT2D eigenvalue weighted by Gasteiger charge is -1.97. The van der Waals surface area contributed by atoms with Gasteiger partial charge in [0, 0.05) is 0 Å². The van der Waals surface area contributed by atoms with Gasteiger partial charge in [0.15, 0.2) is 0 Å². The highest BCUT2D eigenvalue weighted by molar-refractivity contribution is 9.28. The molecule has 0 saturated heterocycles. The van der Waals surface area contributed by atoms with Gasteiger partial charge < -0.3 is 0 Å². The fourth-order valence-corrected chi connectivity index (χ4v) is 1.41. The molecule has 3 heteroatoms. The smallest absolute Gasteiger partial charge is 0.126 e. The zero-order chi connectivity index (χ0) is 9.14. The maximum Gasteiger partial charge on any atom is 0.126 e. The lowest BCUT2D eigenvalue weighted by molar-refractivity contribution is 0.618. The van der Waals surface area contributed by atoms with Crippen LogP contribution in [-0.4, -0.2) is 0 Å². The number of benzene rings is 1. The predicted octanol–water partition coefficient (Wildman–Crippen LogP) is 4.22. The average Bonchev–Trinajstić information content (AvgIpc) is 1.96. The molecule has 0 spiro atoms. The minimum atomic E-state index is -0.169. The summed E-state index contributed by atoms with van der Waals surface area (Å²) in [5, 5.41) is 0. The van der Waals surface area contributed by atoms with E-state index >= 15 is 0 Å². The van der Waals surface area contributed by atoms with Gasteiger partial charge in [-0.25, -0.2) is 4.39 Å². The van der Waals surface area contributed by atoms with Crippen LogP contribution < -0.4 is 0 Å². The van der Waals surface area contributed by atoms with Gasteiger partial charge in [-0.2, -0.15) is 0 Å². The first-order valence-corrected chi connectivity index (χ1v) is 4.97. The summed E-state index contributed by atoms with van der Waals surface area (Å²) in [7, 11) is 0. The van der Waals surface area contributed by atoms with Gasteiger partial charge >= 0.3 is 0 Å². The van der Waals surface area contributed by atoms with Gasteiger partial charge in [-0.15, -0.1) is 0 Å². The normalized spacial score (nSPS) is 9.67. The van der Waals surface area contributed by atoms with Crippen molar-refractivity contribution in [2.45, 2.75) is 6.92 Å². The zero-order valence-corrected chi connectivity index (χ0v) is 9.62. The van der Waals surface area contributed by atoms with Crippen LogP contribution in [0.1, 0.15) is 11.1 Å². The van der Waals surface area contributed by atoms with E-state index in [1.165, 1.54) is 6.07 Å². The SMILES string of the molecule is Cc1cc(C=C(Br)Br)ccc1F. The number of aryl methyl sites for hydroxylation is 1. The van der Waals surface area contributed by atoms with Crippen LogP contribution in [-0.2, 0) is 0 Å². The molecule has 0 nitrogen and oxygen atoms in total. The highest BCUT2D eigenvalue weighted by Gasteiger charge is 1.96. The highest BCUT2D eigenvalue weighted by atomic mass is 79.9. The molecule has 0 saturated carbocycles. The Balaban J connectivity index is 3.05. The Kier molecular flexibility index (Phi) is 3.47. The molecule has 0 aliphatic carbocycles. The third-order valence-electron chi connectivity index (χ3n) is 1.46. The van der Waals surface area contributed by atoms with Crippen molar-refractivity contribution in [1.82, 2.24) is 0 Å². The molecule has 12 heavy (non-hydrogen) atoms. The molecule has 0 bridgehead atoms. The van der Waals surface area contributed by atoms with Gasteiger partial charge in [-0.3, -0.25) is 0 Å². The summed E-state index contributed by atoms with van der Waals surface area (Å²) in [5.41, 5.74) is 1.63. The van der Waals surface area contributed by atoms with Crippen LogP contribution in [0.2, 0.25) is 0 Å². The van der Waals surface area contributed by atoms with Crippen molar-refractivity contribution in [1.29, 1.82) is 0 Å². The minimum absolute atomic E-state index is 0.169.